The van der Waals surface area contributed by atoms with Crippen LogP contribution in [0.4, 0.5) is 10.1 Å². The van der Waals surface area contributed by atoms with Crippen LogP contribution in [0.1, 0.15) is 5.56 Å². The zero-order valence-corrected chi connectivity index (χ0v) is 16.1. The molecule has 0 aromatic heterocycles. The van der Waals surface area contributed by atoms with E-state index in [1.54, 1.807) is 25.2 Å². The lowest BCUT2D eigenvalue weighted by molar-refractivity contribution is -0.130. The van der Waals surface area contributed by atoms with Gasteiger partial charge in [0.2, 0.25) is 5.91 Å². The molecule has 2 aromatic carbocycles. The lowest BCUT2D eigenvalue weighted by Crippen LogP contribution is -2.52. The molecule has 2 aromatic rings. The van der Waals surface area contributed by atoms with Crippen LogP contribution in [0.25, 0.3) is 0 Å². The van der Waals surface area contributed by atoms with Crippen molar-refractivity contribution >= 4 is 17.6 Å². The van der Waals surface area contributed by atoms with Gasteiger partial charge in [0.15, 0.2) is 5.96 Å². The number of para-hydroxylation sites is 1. The molecule has 3 rings (SSSR count). The molecule has 1 aliphatic heterocycles. The van der Waals surface area contributed by atoms with Gasteiger partial charge in [-0.3, -0.25) is 9.79 Å². The maximum atomic E-state index is 13.7. The largest absolute Gasteiger partial charge is 0.368 e. The number of carbonyl (C=O) groups is 1. The highest BCUT2D eigenvalue weighted by molar-refractivity contribution is 5.86. The fraction of sp³-hybridized carbons (Fsp3) is 0.333. The summed E-state index contributed by atoms with van der Waals surface area (Å²) < 4.78 is 13.7. The van der Waals surface area contributed by atoms with Crippen molar-refractivity contribution in [2.75, 3.05) is 44.7 Å². The molecule has 0 saturated carbocycles. The molecule has 6 nitrogen and oxygen atoms in total. The summed E-state index contributed by atoms with van der Waals surface area (Å²) in [6.07, 6.45) is 0. The summed E-state index contributed by atoms with van der Waals surface area (Å²) in [6.45, 7) is 3.47. The first kappa shape index (κ1) is 19.7. The second kappa shape index (κ2) is 9.73. The summed E-state index contributed by atoms with van der Waals surface area (Å²) in [4.78, 5) is 20.7. The van der Waals surface area contributed by atoms with Gasteiger partial charge in [0.25, 0.3) is 0 Å². The third-order valence-corrected chi connectivity index (χ3v) is 4.79. The lowest BCUT2D eigenvalue weighted by atomic mass is 10.2. The van der Waals surface area contributed by atoms with E-state index in [1.165, 1.54) is 11.8 Å². The van der Waals surface area contributed by atoms with Crippen LogP contribution in [0.3, 0.4) is 0 Å². The predicted octanol–water partition coefficient (Wildman–Crippen LogP) is 1.84. The number of amides is 1. The van der Waals surface area contributed by atoms with Gasteiger partial charge in [-0.1, -0.05) is 36.4 Å². The van der Waals surface area contributed by atoms with Crippen LogP contribution in [-0.4, -0.2) is 56.5 Å². The number of nitrogens with one attached hydrogen (secondary N) is 2. The Bertz CT molecular complexity index is 803. The number of guanidine groups is 1. The van der Waals surface area contributed by atoms with Gasteiger partial charge in [0, 0.05) is 51.0 Å². The van der Waals surface area contributed by atoms with Crippen molar-refractivity contribution in [3.05, 3.63) is 66.0 Å². The van der Waals surface area contributed by atoms with Gasteiger partial charge in [-0.25, -0.2) is 4.39 Å². The highest BCUT2D eigenvalue weighted by Crippen LogP contribution is 2.15. The van der Waals surface area contributed by atoms with Crippen LogP contribution in [0.15, 0.2) is 59.6 Å². The van der Waals surface area contributed by atoms with E-state index in [-0.39, 0.29) is 18.3 Å². The van der Waals surface area contributed by atoms with Crippen LogP contribution in [-0.2, 0) is 11.3 Å². The average Bonchev–Trinajstić information content (AvgIpc) is 2.75. The fourth-order valence-electron chi connectivity index (χ4n) is 3.17. The Hall–Kier alpha value is -3.09. The highest BCUT2D eigenvalue weighted by atomic mass is 19.1. The van der Waals surface area contributed by atoms with Gasteiger partial charge in [-0.05, 0) is 18.2 Å². The lowest BCUT2D eigenvalue weighted by Gasteiger charge is -2.36. The van der Waals surface area contributed by atoms with Crippen molar-refractivity contribution in [1.29, 1.82) is 0 Å². The second-order valence-electron chi connectivity index (χ2n) is 6.57. The first-order chi connectivity index (χ1) is 13.7. The minimum Gasteiger partial charge on any atom is -0.368 e. The quantitative estimate of drug-likeness (QED) is 0.611. The van der Waals surface area contributed by atoms with Crippen LogP contribution in [0.5, 0.6) is 0 Å². The fourth-order valence-corrected chi connectivity index (χ4v) is 3.17. The second-order valence-corrected chi connectivity index (χ2v) is 6.57. The summed E-state index contributed by atoms with van der Waals surface area (Å²) in [7, 11) is 1.62. The summed E-state index contributed by atoms with van der Waals surface area (Å²) in [6, 6.07) is 16.8. The summed E-state index contributed by atoms with van der Waals surface area (Å²) in [5.74, 6) is 0.235. The van der Waals surface area contributed by atoms with Gasteiger partial charge in [-0.15, -0.1) is 0 Å². The van der Waals surface area contributed by atoms with Crippen LogP contribution in [0.2, 0.25) is 0 Å². The van der Waals surface area contributed by atoms with E-state index in [1.807, 2.05) is 23.1 Å². The standard InChI is InChI=1S/C21H26FN5O/c1-23-21(24-15-17-7-5-6-10-19(17)22)25-16-20(28)27-13-11-26(12-14-27)18-8-3-2-4-9-18/h2-10H,11-16H2,1H3,(H2,23,24,25). The van der Waals surface area contributed by atoms with Crippen molar-refractivity contribution in [2.24, 2.45) is 4.99 Å². The van der Waals surface area contributed by atoms with Crippen molar-refractivity contribution in [1.82, 2.24) is 15.5 Å². The zero-order valence-electron chi connectivity index (χ0n) is 16.1. The molecule has 1 fully saturated rings. The van der Waals surface area contributed by atoms with Crippen molar-refractivity contribution in [3.8, 4) is 0 Å². The smallest absolute Gasteiger partial charge is 0.242 e. The predicted molar refractivity (Wildman–Crippen MR) is 110 cm³/mol. The third-order valence-electron chi connectivity index (χ3n) is 4.79. The first-order valence-corrected chi connectivity index (χ1v) is 9.43. The zero-order chi connectivity index (χ0) is 19.8. The van der Waals surface area contributed by atoms with E-state index < -0.39 is 0 Å². The Morgan fingerprint density at radius 3 is 2.36 bits per heavy atom. The molecule has 2 N–H and O–H groups in total. The van der Waals surface area contributed by atoms with Gasteiger partial charge in [0.1, 0.15) is 5.82 Å². The SMILES string of the molecule is CN=C(NCC(=O)N1CCN(c2ccccc2)CC1)NCc1ccccc1F. The number of aliphatic imine (C=N–C) groups is 1. The van der Waals surface area contributed by atoms with Gasteiger partial charge in [0.05, 0.1) is 6.54 Å². The van der Waals surface area contributed by atoms with Gasteiger partial charge < -0.3 is 20.4 Å². The molecular formula is C21H26FN5O. The van der Waals surface area contributed by atoms with E-state index in [2.05, 4.69) is 32.7 Å². The van der Waals surface area contributed by atoms with Gasteiger partial charge >= 0.3 is 0 Å². The molecule has 0 bridgehead atoms. The molecule has 1 saturated heterocycles. The number of piperazine rings is 1. The van der Waals surface area contributed by atoms with E-state index in [9.17, 15) is 9.18 Å². The Morgan fingerprint density at radius 2 is 1.68 bits per heavy atom. The molecule has 7 heteroatoms. The number of benzene rings is 2. The molecule has 0 spiro atoms. The topological polar surface area (TPSA) is 60.0 Å². The first-order valence-electron chi connectivity index (χ1n) is 9.43. The number of nitrogens with zero attached hydrogens (tertiary/aromatic N) is 3. The molecule has 0 radical (unpaired) electrons. The number of anilines is 1. The molecule has 0 atom stereocenters. The Labute approximate surface area is 165 Å². The van der Waals surface area contributed by atoms with E-state index in [0.29, 0.717) is 31.2 Å². The summed E-state index contributed by atoms with van der Waals surface area (Å²) in [5, 5.41) is 6.04. The van der Waals surface area contributed by atoms with Crippen molar-refractivity contribution in [3.63, 3.8) is 0 Å². The third kappa shape index (κ3) is 5.22. The monoisotopic (exact) mass is 383 g/mol. The number of rotatable bonds is 5. The average molecular weight is 383 g/mol. The van der Waals surface area contributed by atoms with E-state index in [0.717, 1.165) is 13.1 Å². The summed E-state index contributed by atoms with van der Waals surface area (Å²) >= 11 is 0. The Balaban J connectivity index is 1.42. The van der Waals surface area contributed by atoms with E-state index >= 15 is 0 Å². The van der Waals surface area contributed by atoms with Crippen LogP contribution in [0, 0.1) is 5.82 Å². The normalized spacial score (nSPS) is 14.7. The number of carbonyl (C=O) groups excluding carboxylic acids is 1. The minimum absolute atomic E-state index is 0.0292. The molecule has 148 valence electrons. The number of hydrogen-bond donors (Lipinski definition) is 2. The Morgan fingerprint density at radius 1 is 1.00 bits per heavy atom. The number of hydrogen-bond acceptors (Lipinski definition) is 3. The maximum Gasteiger partial charge on any atom is 0.242 e. The van der Waals surface area contributed by atoms with Crippen LogP contribution >= 0.6 is 0 Å². The minimum atomic E-state index is -0.266. The molecule has 1 amide bonds. The molecule has 1 aliphatic rings. The van der Waals surface area contributed by atoms with E-state index in [4.69, 9.17) is 0 Å². The highest BCUT2D eigenvalue weighted by Gasteiger charge is 2.21. The molecule has 0 unspecified atom stereocenters. The van der Waals surface area contributed by atoms with Gasteiger partial charge in [-0.2, -0.15) is 0 Å². The maximum absolute atomic E-state index is 13.7. The van der Waals surface area contributed by atoms with Crippen LogP contribution < -0.4 is 15.5 Å². The summed E-state index contributed by atoms with van der Waals surface area (Å²) in [5.41, 5.74) is 1.74. The molecular weight excluding hydrogens is 357 g/mol. The Kier molecular flexibility index (Phi) is 6.84. The molecule has 1 heterocycles. The molecule has 0 aliphatic carbocycles. The van der Waals surface area contributed by atoms with Crippen molar-refractivity contribution < 1.29 is 9.18 Å². The molecule has 28 heavy (non-hydrogen) atoms. The number of halogens is 1. The van der Waals surface area contributed by atoms with Crippen molar-refractivity contribution in [2.45, 2.75) is 6.54 Å².